The lowest BCUT2D eigenvalue weighted by atomic mass is 9.96. The molecular formula is C16H29N3S. The van der Waals surface area contributed by atoms with Crippen LogP contribution in [0.4, 0.5) is 0 Å². The third-order valence-corrected chi connectivity index (χ3v) is 5.09. The van der Waals surface area contributed by atoms with E-state index in [0.29, 0.717) is 18.0 Å². The molecule has 0 radical (unpaired) electrons. The Kier molecular flexibility index (Phi) is 6.00. The number of piperazine rings is 1. The predicted molar refractivity (Wildman–Crippen MR) is 87.5 cm³/mol. The molecule has 2 rings (SSSR count). The Hall–Kier alpha value is -0.450. The van der Waals surface area contributed by atoms with Gasteiger partial charge in [0.15, 0.2) is 0 Å². The molecule has 1 aromatic rings. The molecule has 1 aromatic heterocycles. The van der Waals surface area contributed by atoms with Crippen molar-refractivity contribution in [1.29, 1.82) is 0 Å². The van der Waals surface area contributed by atoms with Gasteiger partial charge in [-0.15, -0.1) is 11.3 Å². The monoisotopic (exact) mass is 295 g/mol. The fourth-order valence-corrected chi connectivity index (χ4v) is 3.78. The van der Waals surface area contributed by atoms with Gasteiger partial charge in [0, 0.05) is 43.5 Å². The lowest BCUT2D eigenvalue weighted by molar-refractivity contribution is 0.0967. The topological polar surface area (TPSA) is 28.2 Å². The number of aromatic nitrogens is 1. The average Bonchev–Trinajstić information content (AvgIpc) is 2.82. The van der Waals surface area contributed by atoms with E-state index >= 15 is 0 Å². The number of rotatable bonds is 6. The minimum Gasteiger partial charge on any atom is -0.311 e. The van der Waals surface area contributed by atoms with E-state index in [-0.39, 0.29) is 0 Å². The smallest absolute Gasteiger partial charge is 0.0897 e. The summed E-state index contributed by atoms with van der Waals surface area (Å²) in [5, 5.41) is 7.13. The van der Waals surface area contributed by atoms with Crippen molar-refractivity contribution in [3.63, 3.8) is 0 Å². The maximum absolute atomic E-state index is 4.60. The molecule has 1 saturated heterocycles. The molecule has 1 fully saturated rings. The summed E-state index contributed by atoms with van der Waals surface area (Å²) in [4.78, 5) is 7.29. The van der Waals surface area contributed by atoms with Gasteiger partial charge >= 0.3 is 0 Å². The summed E-state index contributed by atoms with van der Waals surface area (Å²) in [5.74, 6) is 0.710. The molecular weight excluding hydrogens is 266 g/mol. The van der Waals surface area contributed by atoms with Crippen LogP contribution in [0, 0.1) is 12.8 Å². The number of aryl methyl sites for hydroxylation is 1. The highest BCUT2D eigenvalue weighted by Crippen LogP contribution is 2.18. The van der Waals surface area contributed by atoms with E-state index in [1.165, 1.54) is 30.1 Å². The second kappa shape index (κ2) is 7.53. The molecule has 20 heavy (non-hydrogen) atoms. The Bertz CT molecular complexity index is 402. The molecule has 1 N–H and O–H groups in total. The van der Waals surface area contributed by atoms with Crippen molar-refractivity contribution in [1.82, 2.24) is 15.2 Å². The number of nitrogens with zero attached hydrogens (tertiary/aromatic N) is 2. The second-order valence-corrected chi connectivity index (χ2v) is 7.37. The number of nitrogens with one attached hydrogen (secondary N) is 1. The Morgan fingerprint density at radius 3 is 2.90 bits per heavy atom. The maximum atomic E-state index is 4.60. The molecule has 0 aromatic carbocycles. The Labute approximate surface area is 127 Å². The quantitative estimate of drug-likeness (QED) is 0.874. The molecule has 0 spiro atoms. The lowest BCUT2D eigenvalue weighted by Crippen LogP contribution is -2.58. The van der Waals surface area contributed by atoms with Gasteiger partial charge in [0.2, 0.25) is 0 Å². The summed E-state index contributed by atoms with van der Waals surface area (Å²) in [5.41, 5.74) is 1.26. The van der Waals surface area contributed by atoms with Crippen LogP contribution in [-0.4, -0.2) is 41.6 Å². The van der Waals surface area contributed by atoms with E-state index in [1.54, 1.807) is 11.3 Å². The SMILES string of the molecule is CCCC1CN(CCc2csc(C)n2)C(C(C)C)CN1. The Balaban J connectivity index is 1.92. The molecule has 114 valence electrons. The minimum atomic E-state index is 0.669. The van der Waals surface area contributed by atoms with Gasteiger partial charge in [-0.2, -0.15) is 0 Å². The number of hydrogen-bond donors (Lipinski definition) is 1. The van der Waals surface area contributed by atoms with Gasteiger partial charge in [-0.3, -0.25) is 4.90 Å². The molecule has 2 atom stereocenters. The van der Waals surface area contributed by atoms with Crippen molar-refractivity contribution >= 4 is 11.3 Å². The summed E-state index contributed by atoms with van der Waals surface area (Å²) in [6.45, 7) is 12.5. The van der Waals surface area contributed by atoms with Crippen LogP contribution in [0.25, 0.3) is 0 Å². The number of thiazole rings is 1. The van der Waals surface area contributed by atoms with Gasteiger partial charge in [-0.1, -0.05) is 27.2 Å². The fraction of sp³-hybridized carbons (Fsp3) is 0.812. The first-order valence-electron chi connectivity index (χ1n) is 7.98. The van der Waals surface area contributed by atoms with Crippen LogP contribution in [0.15, 0.2) is 5.38 Å². The molecule has 2 heterocycles. The highest BCUT2D eigenvalue weighted by atomic mass is 32.1. The normalized spacial score (nSPS) is 24.4. The zero-order valence-electron chi connectivity index (χ0n) is 13.4. The maximum Gasteiger partial charge on any atom is 0.0897 e. The van der Waals surface area contributed by atoms with Gasteiger partial charge < -0.3 is 5.32 Å². The molecule has 4 heteroatoms. The molecule has 0 saturated carbocycles. The average molecular weight is 295 g/mol. The standard InChI is InChI=1S/C16H29N3S/c1-5-6-14-10-19(16(9-17-14)12(2)3)8-7-15-11-20-13(4)18-15/h11-12,14,16-17H,5-10H2,1-4H3. The summed E-state index contributed by atoms with van der Waals surface area (Å²) >= 11 is 1.76. The van der Waals surface area contributed by atoms with Crippen LogP contribution < -0.4 is 5.32 Å². The van der Waals surface area contributed by atoms with Gasteiger partial charge in [0.05, 0.1) is 10.7 Å². The lowest BCUT2D eigenvalue weighted by Gasteiger charge is -2.42. The second-order valence-electron chi connectivity index (χ2n) is 6.31. The van der Waals surface area contributed by atoms with Crippen molar-refractivity contribution in [2.45, 2.75) is 59.0 Å². The predicted octanol–water partition coefficient (Wildman–Crippen LogP) is 3.09. The Morgan fingerprint density at radius 2 is 2.30 bits per heavy atom. The van der Waals surface area contributed by atoms with E-state index in [2.05, 4.69) is 48.3 Å². The van der Waals surface area contributed by atoms with Crippen LogP contribution in [0.2, 0.25) is 0 Å². The van der Waals surface area contributed by atoms with E-state index in [4.69, 9.17) is 0 Å². The highest BCUT2D eigenvalue weighted by Gasteiger charge is 2.29. The summed E-state index contributed by atoms with van der Waals surface area (Å²) < 4.78 is 0. The fourth-order valence-electron chi connectivity index (χ4n) is 3.14. The van der Waals surface area contributed by atoms with Crippen LogP contribution >= 0.6 is 11.3 Å². The van der Waals surface area contributed by atoms with E-state index in [0.717, 1.165) is 19.5 Å². The van der Waals surface area contributed by atoms with Crippen LogP contribution in [0.3, 0.4) is 0 Å². The largest absolute Gasteiger partial charge is 0.311 e. The first kappa shape index (κ1) is 15.9. The van der Waals surface area contributed by atoms with Crippen molar-refractivity contribution in [3.8, 4) is 0 Å². The summed E-state index contributed by atoms with van der Waals surface area (Å²) in [7, 11) is 0. The summed E-state index contributed by atoms with van der Waals surface area (Å²) in [6, 6.07) is 1.34. The van der Waals surface area contributed by atoms with Crippen molar-refractivity contribution in [3.05, 3.63) is 16.1 Å². The first-order chi connectivity index (χ1) is 9.60. The van der Waals surface area contributed by atoms with E-state index < -0.39 is 0 Å². The van der Waals surface area contributed by atoms with E-state index in [1.807, 2.05) is 0 Å². The van der Waals surface area contributed by atoms with Crippen molar-refractivity contribution in [2.75, 3.05) is 19.6 Å². The molecule has 1 aliphatic rings. The molecule has 2 unspecified atom stereocenters. The van der Waals surface area contributed by atoms with Crippen LogP contribution in [0.1, 0.15) is 44.3 Å². The van der Waals surface area contributed by atoms with Crippen LogP contribution in [0.5, 0.6) is 0 Å². The zero-order valence-corrected chi connectivity index (χ0v) is 14.2. The van der Waals surface area contributed by atoms with Crippen molar-refractivity contribution in [2.24, 2.45) is 5.92 Å². The molecule has 0 aliphatic carbocycles. The van der Waals surface area contributed by atoms with E-state index in [9.17, 15) is 0 Å². The van der Waals surface area contributed by atoms with Gasteiger partial charge in [-0.25, -0.2) is 4.98 Å². The highest BCUT2D eigenvalue weighted by molar-refractivity contribution is 7.09. The van der Waals surface area contributed by atoms with Crippen molar-refractivity contribution < 1.29 is 0 Å². The van der Waals surface area contributed by atoms with Crippen LogP contribution in [-0.2, 0) is 6.42 Å². The Morgan fingerprint density at radius 1 is 1.50 bits per heavy atom. The molecule has 0 bridgehead atoms. The molecule has 0 amide bonds. The number of hydrogen-bond acceptors (Lipinski definition) is 4. The molecule has 1 aliphatic heterocycles. The zero-order chi connectivity index (χ0) is 14.5. The van der Waals surface area contributed by atoms with Gasteiger partial charge in [-0.05, 0) is 19.3 Å². The summed E-state index contributed by atoms with van der Waals surface area (Å²) in [6.07, 6.45) is 3.65. The third-order valence-electron chi connectivity index (χ3n) is 4.27. The van der Waals surface area contributed by atoms with Gasteiger partial charge in [0.1, 0.15) is 0 Å². The third kappa shape index (κ3) is 4.27. The minimum absolute atomic E-state index is 0.669. The van der Waals surface area contributed by atoms with Gasteiger partial charge in [0.25, 0.3) is 0 Å². The first-order valence-corrected chi connectivity index (χ1v) is 8.86. The molecule has 3 nitrogen and oxygen atoms in total.